The highest BCUT2D eigenvalue weighted by Gasteiger charge is 2.32. The van der Waals surface area contributed by atoms with E-state index in [-0.39, 0.29) is 24.3 Å². The molecule has 9 heteroatoms. The molecule has 0 heterocycles. The average molecular weight is 566 g/mol. The number of carbonyl (C=O) groups is 2. The van der Waals surface area contributed by atoms with Crippen LogP contribution < -0.4 is 14.4 Å². The van der Waals surface area contributed by atoms with Crippen molar-refractivity contribution < 1.29 is 22.7 Å². The lowest BCUT2D eigenvalue weighted by molar-refractivity contribution is -0.139. The van der Waals surface area contributed by atoms with Gasteiger partial charge in [-0.3, -0.25) is 13.9 Å². The first-order valence-corrected chi connectivity index (χ1v) is 14.9. The van der Waals surface area contributed by atoms with Gasteiger partial charge in [0.1, 0.15) is 18.3 Å². The molecule has 214 valence electrons. The largest absolute Gasteiger partial charge is 0.497 e. The number of hydrogen-bond acceptors (Lipinski definition) is 5. The summed E-state index contributed by atoms with van der Waals surface area (Å²) in [6.45, 7) is 5.84. The number of likely N-dealkylation sites (N-methyl/N-ethyl adjacent to an activating group) is 1. The van der Waals surface area contributed by atoms with E-state index >= 15 is 0 Å². The van der Waals surface area contributed by atoms with Crippen LogP contribution >= 0.6 is 0 Å². The summed E-state index contributed by atoms with van der Waals surface area (Å²) in [5, 5.41) is 2.68. The van der Waals surface area contributed by atoms with Crippen molar-refractivity contribution in [3.05, 3.63) is 95.6 Å². The van der Waals surface area contributed by atoms with Gasteiger partial charge in [-0.15, -0.1) is 0 Å². The first kappa shape index (κ1) is 30.7. The minimum absolute atomic E-state index is 0.0848. The number of rotatable bonds is 11. The summed E-state index contributed by atoms with van der Waals surface area (Å²) >= 11 is 0. The van der Waals surface area contributed by atoms with E-state index in [1.807, 2.05) is 54.6 Å². The molecule has 1 atom stereocenters. The molecular formula is C31H39N3O5S. The zero-order chi connectivity index (χ0) is 29.5. The van der Waals surface area contributed by atoms with Gasteiger partial charge in [0.2, 0.25) is 21.8 Å². The van der Waals surface area contributed by atoms with Gasteiger partial charge in [-0.2, -0.15) is 0 Å². The Morgan fingerprint density at radius 1 is 0.925 bits per heavy atom. The maximum absolute atomic E-state index is 14.0. The zero-order valence-corrected chi connectivity index (χ0v) is 24.9. The van der Waals surface area contributed by atoms with E-state index in [0.717, 1.165) is 27.3 Å². The van der Waals surface area contributed by atoms with Gasteiger partial charge in [0.25, 0.3) is 0 Å². The van der Waals surface area contributed by atoms with E-state index in [1.165, 1.54) is 11.9 Å². The van der Waals surface area contributed by atoms with Crippen molar-refractivity contribution >= 4 is 27.5 Å². The molecule has 0 aliphatic carbocycles. The summed E-state index contributed by atoms with van der Waals surface area (Å²) in [5.74, 6) is -0.237. The molecule has 0 aromatic heterocycles. The molecule has 1 unspecified atom stereocenters. The van der Waals surface area contributed by atoms with E-state index in [9.17, 15) is 18.0 Å². The third kappa shape index (κ3) is 8.08. The SMILES string of the molecule is CNC(=O)C(Cc1ccccc1)N(Cc1cccc(OC)c1)C(=O)CN(c1ccc(C(C)(C)C)cc1)S(C)(=O)=O. The molecule has 0 radical (unpaired) electrons. The molecular weight excluding hydrogens is 526 g/mol. The second-order valence-electron chi connectivity index (χ2n) is 10.8. The van der Waals surface area contributed by atoms with Gasteiger partial charge in [0.15, 0.2) is 0 Å². The number of ether oxygens (including phenoxy) is 1. The molecule has 2 amide bonds. The molecule has 3 rings (SSSR count). The first-order valence-electron chi connectivity index (χ1n) is 13.1. The topological polar surface area (TPSA) is 96.0 Å². The maximum Gasteiger partial charge on any atom is 0.244 e. The van der Waals surface area contributed by atoms with Crippen molar-refractivity contribution in [3.8, 4) is 5.75 Å². The molecule has 0 saturated heterocycles. The lowest BCUT2D eigenvalue weighted by atomic mass is 9.87. The van der Waals surface area contributed by atoms with Crippen LogP contribution in [0.3, 0.4) is 0 Å². The first-order chi connectivity index (χ1) is 18.8. The molecule has 0 spiro atoms. The van der Waals surface area contributed by atoms with Crippen LogP contribution in [0, 0.1) is 0 Å². The lowest BCUT2D eigenvalue weighted by Gasteiger charge is -2.33. The second-order valence-corrected chi connectivity index (χ2v) is 12.7. The predicted molar refractivity (Wildman–Crippen MR) is 159 cm³/mol. The molecule has 0 aliphatic rings. The summed E-state index contributed by atoms with van der Waals surface area (Å²) in [4.78, 5) is 28.7. The van der Waals surface area contributed by atoms with Gasteiger partial charge in [-0.25, -0.2) is 8.42 Å². The number of amides is 2. The standard InChI is InChI=1S/C31H39N3O5S/c1-31(2,3)25-15-17-26(18-16-25)34(40(6,37)38)22-29(35)33(21-24-13-10-14-27(19-24)39-5)28(30(36)32-4)20-23-11-8-7-9-12-23/h7-19,28H,20-22H2,1-6H3,(H,32,36). The molecule has 40 heavy (non-hydrogen) atoms. The van der Waals surface area contributed by atoms with Crippen LogP contribution in [0.15, 0.2) is 78.9 Å². The van der Waals surface area contributed by atoms with Crippen LogP contribution in [0.1, 0.15) is 37.5 Å². The van der Waals surface area contributed by atoms with E-state index in [0.29, 0.717) is 11.4 Å². The summed E-state index contributed by atoms with van der Waals surface area (Å²) < 4.78 is 32.3. The number of hydrogen-bond donors (Lipinski definition) is 1. The van der Waals surface area contributed by atoms with Gasteiger partial charge >= 0.3 is 0 Å². The van der Waals surface area contributed by atoms with Gasteiger partial charge in [0, 0.05) is 20.0 Å². The van der Waals surface area contributed by atoms with Gasteiger partial charge in [-0.05, 0) is 46.4 Å². The molecule has 1 N–H and O–H groups in total. The van der Waals surface area contributed by atoms with Crippen LogP contribution in [0.2, 0.25) is 0 Å². The fourth-order valence-electron chi connectivity index (χ4n) is 4.43. The van der Waals surface area contributed by atoms with Gasteiger partial charge in [0.05, 0.1) is 19.1 Å². The number of nitrogens with zero attached hydrogens (tertiary/aromatic N) is 2. The number of benzene rings is 3. The molecule has 8 nitrogen and oxygen atoms in total. The molecule has 0 bridgehead atoms. The smallest absolute Gasteiger partial charge is 0.244 e. The minimum atomic E-state index is -3.82. The summed E-state index contributed by atoms with van der Waals surface area (Å²) in [6, 6.07) is 22.9. The van der Waals surface area contributed by atoms with Crippen molar-refractivity contribution in [2.75, 3.05) is 31.3 Å². The fraction of sp³-hybridized carbons (Fsp3) is 0.355. The van der Waals surface area contributed by atoms with E-state index in [2.05, 4.69) is 26.1 Å². The van der Waals surface area contributed by atoms with Crippen LogP contribution in [-0.2, 0) is 38.0 Å². The summed E-state index contributed by atoms with van der Waals surface area (Å²) in [7, 11) is -0.746. The average Bonchev–Trinajstić information content (AvgIpc) is 2.92. The lowest BCUT2D eigenvalue weighted by Crippen LogP contribution is -2.52. The Bertz CT molecular complexity index is 1400. The predicted octanol–water partition coefficient (Wildman–Crippen LogP) is 4.14. The van der Waals surface area contributed by atoms with Crippen molar-refractivity contribution in [1.29, 1.82) is 0 Å². The van der Waals surface area contributed by atoms with Crippen molar-refractivity contribution in [2.24, 2.45) is 0 Å². The zero-order valence-electron chi connectivity index (χ0n) is 24.0. The van der Waals surface area contributed by atoms with E-state index in [1.54, 1.807) is 31.4 Å². The minimum Gasteiger partial charge on any atom is -0.497 e. The van der Waals surface area contributed by atoms with Crippen LogP contribution in [-0.4, -0.2) is 58.1 Å². The Balaban J connectivity index is 2.03. The van der Waals surface area contributed by atoms with Crippen LogP contribution in [0.25, 0.3) is 0 Å². The highest BCUT2D eigenvalue weighted by molar-refractivity contribution is 7.92. The van der Waals surface area contributed by atoms with Crippen molar-refractivity contribution in [3.63, 3.8) is 0 Å². The highest BCUT2D eigenvalue weighted by atomic mass is 32.2. The van der Waals surface area contributed by atoms with Gasteiger partial charge < -0.3 is 15.0 Å². The summed E-state index contributed by atoms with van der Waals surface area (Å²) in [6.07, 6.45) is 1.33. The number of anilines is 1. The van der Waals surface area contributed by atoms with E-state index in [4.69, 9.17) is 4.74 Å². The third-order valence-corrected chi connectivity index (χ3v) is 7.85. The summed E-state index contributed by atoms with van der Waals surface area (Å²) in [5.41, 5.74) is 2.92. The monoisotopic (exact) mass is 565 g/mol. The van der Waals surface area contributed by atoms with Gasteiger partial charge in [-0.1, -0.05) is 75.4 Å². The Morgan fingerprint density at radius 2 is 1.55 bits per heavy atom. The number of carbonyl (C=O) groups excluding carboxylic acids is 2. The molecule has 0 aliphatic heterocycles. The quantitative estimate of drug-likeness (QED) is 0.377. The van der Waals surface area contributed by atoms with E-state index < -0.39 is 28.5 Å². The normalized spacial score (nSPS) is 12.3. The number of methoxy groups -OCH3 is 1. The maximum atomic E-state index is 14.0. The van der Waals surface area contributed by atoms with Crippen molar-refractivity contribution in [2.45, 2.75) is 45.2 Å². The number of nitrogens with one attached hydrogen (secondary N) is 1. The number of sulfonamides is 1. The Kier molecular flexibility index (Phi) is 9.98. The molecule has 3 aromatic carbocycles. The molecule has 0 fully saturated rings. The fourth-order valence-corrected chi connectivity index (χ4v) is 5.28. The van der Waals surface area contributed by atoms with Crippen LogP contribution in [0.5, 0.6) is 5.75 Å². The molecule has 0 saturated carbocycles. The second kappa shape index (κ2) is 13.0. The molecule has 3 aromatic rings. The Hall–Kier alpha value is -3.85. The highest BCUT2D eigenvalue weighted by Crippen LogP contribution is 2.26. The van der Waals surface area contributed by atoms with Crippen LogP contribution in [0.4, 0.5) is 5.69 Å². The van der Waals surface area contributed by atoms with Crippen molar-refractivity contribution in [1.82, 2.24) is 10.2 Å². The Morgan fingerprint density at radius 3 is 2.10 bits per heavy atom. The Labute approximate surface area is 238 Å². The third-order valence-electron chi connectivity index (χ3n) is 6.71.